The van der Waals surface area contributed by atoms with Crippen molar-refractivity contribution in [1.29, 1.82) is 0 Å². The van der Waals surface area contributed by atoms with E-state index in [0.717, 1.165) is 12.2 Å². The molecule has 1 rings (SSSR count). The van der Waals surface area contributed by atoms with Gasteiger partial charge in [0.2, 0.25) is 0 Å². The number of nitrogens with zero attached hydrogens (tertiary/aromatic N) is 2. The average Bonchev–Trinajstić information content (AvgIpc) is 2.31. The third-order valence-corrected chi connectivity index (χ3v) is 1.88. The zero-order chi connectivity index (χ0) is 8.27. The van der Waals surface area contributed by atoms with Crippen molar-refractivity contribution in [3.05, 3.63) is 29.9 Å². The van der Waals surface area contributed by atoms with Gasteiger partial charge in [-0.3, -0.25) is 0 Å². The first kappa shape index (κ1) is 8.05. The van der Waals surface area contributed by atoms with Crippen LogP contribution in [0.1, 0.15) is 18.3 Å². The molecule has 1 aromatic rings. The molecule has 0 saturated heterocycles. The number of rotatable bonds is 2. The first-order valence-corrected chi connectivity index (χ1v) is 3.85. The lowest BCUT2D eigenvalue weighted by Gasteiger charge is -1.99. The molecule has 0 aliphatic carbocycles. The third-order valence-electron chi connectivity index (χ3n) is 1.88. The van der Waals surface area contributed by atoms with Crippen LogP contribution in [0.2, 0.25) is 0 Å². The molecule has 2 nitrogen and oxygen atoms in total. The van der Waals surface area contributed by atoms with Crippen LogP contribution >= 0.6 is 0 Å². The molecular weight excluding hydrogens is 136 g/mol. The lowest BCUT2D eigenvalue weighted by atomic mass is 10.4. The Kier molecular flexibility index (Phi) is 2.47. The van der Waals surface area contributed by atoms with E-state index in [1.54, 1.807) is 0 Å². The maximum atomic E-state index is 4.20. The maximum absolute atomic E-state index is 4.20. The molecule has 0 N–H and O–H groups in total. The van der Waals surface area contributed by atoms with Gasteiger partial charge in [-0.25, -0.2) is 4.98 Å². The number of hydrogen-bond donors (Lipinski definition) is 0. The predicted octanol–water partition coefficient (Wildman–Crippen LogP) is 2.08. The summed E-state index contributed by atoms with van der Waals surface area (Å²) in [6.45, 7) is 7.08. The van der Waals surface area contributed by atoms with Crippen molar-refractivity contribution in [1.82, 2.24) is 9.55 Å². The smallest absolute Gasteiger partial charge is 0.0954 e. The minimum absolute atomic E-state index is 0.934. The first-order valence-electron chi connectivity index (χ1n) is 3.85. The van der Waals surface area contributed by atoms with E-state index in [0.29, 0.717) is 0 Å². The van der Waals surface area contributed by atoms with Crippen LogP contribution in [0.25, 0.3) is 0 Å². The van der Waals surface area contributed by atoms with Crippen LogP contribution in [-0.4, -0.2) is 9.55 Å². The normalized spacial score (nSPS) is 11.2. The first-order chi connectivity index (χ1) is 5.25. The minimum Gasteiger partial charge on any atom is -0.331 e. The summed E-state index contributed by atoms with van der Waals surface area (Å²) >= 11 is 0. The molecule has 0 aromatic carbocycles. The molecule has 0 spiro atoms. The highest BCUT2D eigenvalue weighted by Gasteiger charge is 1.97. The van der Waals surface area contributed by atoms with Crippen LogP contribution in [0, 0.1) is 13.8 Å². The van der Waals surface area contributed by atoms with Crippen molar-refractivity contribution in [2.75, 3.05) is 0 Å². The molecule has 1 heterocycles. The highest BCUT2D eigenvalue weighted by molar-refractivity contribution is 5.09. The summed E-state index contributed by atoms with van der Waals surface area (Å²) in [4.78, 5) is 4.20. The standard InChI is InChI=1S/C9H14N2/c1-4-5-6-11-7-10-8(2)9(11)3/h4-5,7H,6H2,1-3H3/b5-4+. The molecule has 11 heavy (non-hydrogen) atoms. The molecular formula is C9H14N2. The van der Waals surface area contributed by atoms with E-state index in [1.165, 1.54) is 5.69 Å². The van der Waals surface area contributed by atoms with Crippen molar-refractivity contribution in [2.45, 2.75) is 27.3 Å². The minimum atomic E-state index is 0.934. The highest BCUT2D eigenvalue weighted by atomic mass is 15.0. The van der Waals surface area contributed by atoms with Crippen LogP contribution in [0.5, 0.6) is 0 Å². The second kappa shape index (κ2) is 3.37. The van der Waals surface area contributed by atoms with E-state index >= 15 is 0 Å². The van der Waals surface area contributed by atoms with Gasteiger partial charge in [-0.2, -0.15) is 0 Å². The van der Waals surface area contributed by atoms with Crippen molar-refractivity contribution in [3.8, 4) is 0 Å². The Morgan fingerprint density at radius 3 is 2.73 bits per heavy atom. The molecule has 1 aromatic heterocycles. The van der Waals surface area contributed by atoms with Gasteiger partial charge in [-0.15, -0.1) is 0 Å². The Balaban J connectivity index is 2.78. The fourth-order valence-corrected chi connectivity index (χ4v) is 0.947. The van der Waals surface area contributed by atoms with E-state index in [4.69, 9.17) is 0 Å². The monoisotopic (exact) mass is 150 g/mol. The molecule has 60 valence electrons. The summed E-state index contributed by atoms with van der Waals surface area (Å²) in [5.74, 6) is 0. The SMILES string of the molecule is C/C=C/Cn1cnc(C)c1C. The van der Waals surface area contributed by atoms with E-state index < -0.39 is 0 Å². The summed E-state index contributed by atoms with van der Waals surface area (Å²) in [5, 5.41) is 0. The van der Waals surface area contributed by atoms with E-state index in [2.05, 4.69) is 28.6 Å². The van der Waals surface area contributed by atoms with Crippen LogP contribution < -0.4 is 0 Å². The van der Waals surface area contributed by atoms with Gasteiger partial charge in [-0.1, -0.05) is 12.2 Å². The Labute approximate surface area is 67.6 Å². The molecule has 0 bridgehead atoms. The lowest BCUT2D eigenvalue weighted by Crippen LogP contribution is -1.95. The number of hydrogen-bond acceptors (Lipinski definition) is 1. The van der Waals surface area contributed by atoms with Crippen molar-refractivity contribution in [2.24, 2.45) is 0 Å². The van der Waals surface area contributed by atoms with Crippen LogP contribution in [0.3, 0.4) is 0 Å². The predicted molar refractivity (Wildman–Crippen MR) is 46.5 cm³/mol. The molecule has 0 unspecified atom stereocenters. The molecule has 0 radical (unpaired) electrons. The Bertz CT molecular complexity index is 259. The second-order valence-corrected chi connectivity index (χ2v) is 2.64. The van der Waals surface area contributed by atoms with Gasteiger partial charge in [0, 0.05) is 12.2 Å². The van der Waals surface area contributed by atoms with Gasteiger partial charge in [-0.05, 0) is 20.8 Å². The van der Waals surface area contributed by atoms with Crippen molar-refractivity contribution >= 4 is 0 Å². The Morgan fingerprint density at radius 2 is 2.27 bits per heavy atom. The van der Waals surface area contributed by atoms with E-state index in [9.17, 15) is 0 Å². The van der Waals surface area contributed by atoms with Gasteiger partial charge in [0.1, 0.15) is 0 Å². The summed E-state index contributed by atoms with van der Waals surface area (Å²) in [6.07, 6.45) is 6.05. The van der Waals surface area contributed by atoms with Gasteiger partial charge in [0.15, 0.2) is 0 Å². The third kappa shape index (κ3) is 1.70. The molecule has 0 saturated carbocycles. The van der Waals surface area contributed by atoms with E-state index in [1.807, 2.05) is 20.2 Å². The quantitative estimate of drug-likeness (QED) is 0.590. The highest BCUT2D eigenvalue weighted by Crippen LogP contribution is 2.03. The molecule has 0 amide bonds. The van der Waals surface area contributed by atoms with Crippen LogP contribution in [0.4, 0.5) is 0 Å². The lowest BCUT2D eigenvalue weighted by molar-refractivity contribution is 0.788. The second-order valence-electron chi connectivity index (χ2n) is 2.64. The fourth-order valence-electron chi connectivity index (χ4n) is 0.947. The number of aromatic nitrogens is 2. The zero-order valence-electron chi connectivity index (χ0n) is 7.33. The van der Waals surface area contributed by atoms with Gasteiger partial charge >= 0.3 is 0 Å². The molecule has 0 fully saturated rings. The topological polar surface area (TPSA) is 17.8 Å². The fraction of sp³-hybridized carbons (Fsp3) is 0.444. The summed E-state index contributed by atoms with van der Waals surface area (Å²) in [5.41, 5.74) is 2.37. The number of imidazole rings is 1. The van der Waals surface area contributed by atoms with Gasteiger partial charge in [0.05, 0.1) is 12.0 Å². The van der Waals surface area contributed by atoms with Crippen LogP contribution in [0.15, 0.2) is 18.5 Å². The molecule has 2 heteroatoms. The molecule has 0 atom stereocenters. The Morgan fingerprint density at radius 1 is 1.55 bits per heavy atom. The van der Waals surface area contributed by atoms with Gasteiger partial charge in [0.25, 0.3) is 0 Å². The maximum Gasteiger partial charge on any atom is 0.0954 e. The number of allylic oxidation sites excluding steroid dienone is 2. The van der Waals surface area contributed by atoms with E-state index in [-0.39, 0.29) is 0 Å². The van der Waals surface area contributed by atoms with Crippen LogP contribution in [-0.2, 0) is 6.54 Å². The van der Waals surface area contributed by atoms with Gasteiger partial charge < -0.3 is 4.57 Å². The summed E-state index contributed by atoms with van der Waals surface area (Å²) in [7, 11) is 0. The summed E-state index contributed by atoms with van der Waals surface area (Å²) in [6, 6.07) is 0. The molecule has 0 aliphatic rings. The van der Waals surface area contributed by atoms with Crippen molar-refractivity contribution in [3.63, 3.8) is 0 Å². The van der Waals surface area contributed by atoms with Crippen molar-refractivity contribution < 1.29 is 0 Å². The average molecular weight is 150 g/mol. The number of aryl methyl sites for hydroxylation is 1. The zero-order valence-corrected chi connectivity index (χ0v) is 7.33. The Hall–Kier alpha value is -1.05. The molecule has 0 aliphatic heterocycles. The summed E-state index contributed by atoms with van der Waals surface area (Å²) < 4.78 is 2.13. The largest absolute Gasteiger partial charge is 0.331 e.